The Balaban J connectivity index is 1.93. The average Bonchev–Trinajstić information content (AvgIpc) is 2.83. The van der Waals surface area contributed by atoms with Crippen LogP contribution in [0.2, 0.25) is 0 Å². The van der Waals surface area contributed by atoms with Gasteiger partial charge in [0.1, 0.15) is 31.2 Å². The third-order valence-electron chi connectivity index (χ3n) is 4.35. The normalized spacial score (nSPS) is 27.5. The van der Waals surface area contributed by atoms with Crippen LogP contribution in [0.4, 0.5) is 4.39 Å². The summed E-state index contributed by atoms with van der Waals surface area (Å²) in [5, 5.41) is 0. The molecule has 5 heteroatoms. The lowest BCUT2D eigenvalue weighted by Crippen LogP contribution is -2.39. The highest BCUT2D eigenvalue weighted by atomic mass is 19.1. The molecule has 2 aliphatic heterocycles. The molecule has 1 aromatic carbocycles. The second-order valence-electron chi connectivity index (χ2n) is 5.65. The molecular weight excluding hydrogens is 273 g/mol. The Morgan fingerprint density at radius 1 is 1.29 bits per heavy atom. The van der Waals surface area contributed by atoms with Gasteiger partial charge in [0.25, 0.3) is 0 Å². The third kappa shape index (κ3) is 3.20. The van der Waals surface area contributed by atoms with E-state index in [1.807, 2.05) is 0 Å². The van der Waals surface area contributed by atoms with Gasteiger partial charge >= 0.3 is 0 Å². The molecule has 0 spiro atoms. The van der Waals surface area contributed by atoms with E-state index in [1.165, 1.54) is 31.4 Å². The number of hydrogen-bond donors (Lipinski definition) is 0. The summed E-state index contributed by atoms with van der Waals surface area (Å²) in [6, 6.07) is 4.92. The Morgan fingerprint density at radius 2 is 2.19 bits per heavy atom. The van der Waals surface area contributed by atoms with Crippen LogP contribution in [0.3, 0.4) is 0 Å². The van der Waals surface area contributed by atoms with Gasteiger partial charge in [0.15, 0.2) is 0 Å². The molecule has 4 nitrogen and oxygen atoms in total. The van der Waals surface area contributed by atoms with Crippen molar-refractivity contribution in [3.05, 3.63) is 29.6 Å². The van der Waals surface area contributed by atoms with Crippen molar-refractivity contribution in [2.24, 2.45) is 0 Å². The fourth-order valence-corrected chi connectivity index (χ4v) is 3.30. The van der Waals surface area contributed by atoms with Gasteiger partial charge in [-0.15, -0.1) is 0 Å². The lowest BCUT2D eigenvalue weighted by Gasteiger charge is -2.32. The highest BCUT2D eigenvalue weighted by molar-refractivity contribution is 5.36. The van der Waals surface area contributed by atoms with Crippen LogP contribution in [0.25, 0.3) is 0 Å². The Morgan fingerprint density at radius 3 is 3.05 bits per heavy atom. The maximum atomic E-state index is 13.4. The molecule has 0 amide bonds. The molecule has 2 atom stereocenters. The van der Waals surface area contributed by atoms with Gasteiger partial charge < -0.3 is 14.2 Å². The van der Waals surface area contributed by atoms with Crippen molar-refractivity contribution >= 4 is 0 Å². The summed E-state index contributed by atoms with van der Waals surface area (Å²) >= 11 is 0. The molecule has 2 heterocycles. The molecule has 1 aromatic rings. The summed E-state index contributed by atoms with van der Waals surface area (Å²) in [5.41, 5.74) is 0.904. The van der Waals surface area contributed by atoms with Gasteiger partial charge in [-0.1, -0.05) is 12.8 Å². The highest BCUT2D eigenvalue weighted by Gasteiger charge is 2.34. The van der Waals surface area contributed by atoms with Gasteiger partial charge in [-0.25, -0.2) is 4.39 Å². The Bertz CT molecular complexity index is 481. The molecule has 0 aromatic heterocycles. The molecule has 0 radical (unpaired) electrons. The van der Waals surface area contributed by atoms with Crippen molar-refractivity contribution < 1.29 is 18.6 Å². The van der Waals surface area contributed by atoms with Crippen molar-refractivity contribution in [1.29, 1.82) is 0 Å². The van der Waals surface area contributed by atoms with Gasteiger partial charge in [-0.3, -0.25) is 4.90 Å². The highest BCUT2D eigenvalue weighted by Crippen LogP contribution is 2.37. The predicted molar refractivity (Wildman–Crippen MR) is 76.6 cm³/mol. The molecule has 2 fully saturated rings. The van der Waals surface area contributed by atoms with E-state index in [9.17, 15) is 4.39 Å². The van der Waals surface area contributed by atoms with Crippen LogP contribution < -0.4 is 4.74 Å². The van der Waals surface area contributed by atoms with Crippen LogP contribution in [-0.4, -0.2) is 38.1 Å². The van der Waals surface area contributed by atoms with E-state index in [2.05, 4.69) is 4.90 Å². The van der Waals surface area contributed by atoms with Crippen LogP contribution in [-0.2, 0) is 9.47 Å². The molecule has 0 aliphatic carbocycles. The molecular formula is C16H22FNO3. The summed E-state index contributed by atoms with van der Waals surface area (Å²) < 4.78 is 30.3. The summed E-state index contributed by atoms with van der Waals surface area (Å²) in [6.07, 6.45) is 4.54. The largest absolute Gasteiger partial charge is 0.496 e. The molecule has 21 heavy (non-hydrogen) atoms. The first-order chi connectivity index (χ1) is 10.3. The number of rotatable bonds is 2. The summed E-state index contributed by atoms with van der Waals surface area (Å²) in [6.45, 7) is 1.89. The molecule has 2 unspecified atom stereocenters. The quantitative estimate of drug-likeness (QED) is 0.839. The zero-order valence-electron chi connectivity index (χ0n) is 12.4. The first kappa shape index (κ1) is 14.8. The second kappa shape index (κ2) is 6.73. The van der Waals surface area contributed by atoms with Gasteiger partial charge in [-0.2, -0.15) is 0 Å². The fraction of sp³-hybridized carbons (Fsp3) is 0.625. The number of benzene rings is 1. The van der Waals surface area contributed by atoms with Crippen LogP contribution >= 0.6 is 0 Å². The molecule has 2 saturated heterocycles. The minimum atomic E-state index is -0.293. The minimum absolute atomic E-state index is 0.138. The number of ether oxygens (including phenoxy) is 3. The first-order valence-electron chi connectivity index (χ1n) is 7.56. The molecule has 116 valence electrons. The fourth-order valence-electron chi connectivity index (χ4n) is 3.30. The van der Waals surface area contributed by atoms with Gasteiger partial charge in [0.2, 0.25) is 0 Å². The number of nitrogens with zero attached hydrogens (tertiary/aromatic N) is 1. The van der Waals surface area contributed by atoms with Crippen molar-refractivity contribution in [1.82, 2.24) is 4.90 Å². The summed E-state index contributed by atoms with van der Waals surface area (Å²) in [5.74, 6) is 0.254. The van der Waals surface area contributed by atoms with Crippen molar-refractivity contribution in [3.63, 3.8) is 0 Å². The maximum absolute atomic E-state index is 13.4. The van der Waals surface area contributed by atoms with Gasteiger partial charge in [-0.05, 0) is 25.0 Å². The molecule has 0 saturated carbocycles. The van der Waals surface area contributed by atoms with Crippen molar-refractivity contribution in [2.75, 3.05) is 27.2 Å². The number of fused-ring (bicyclic) bond motifs is 1. The zero-order valence-corrected chi connectivity index (χ0v) is 12.4. The predicted octanol–water partition coefficient (Wildman–Crippen LogP) is 3.08. The average molecular weight is 295 g/mol. The Labute approximate surface area is 124 Å². The van der Waals surface area contributed by atoms with Gasteiger partial charge in [0, 0.05) is 24.2 Å². The lowest BCUT2D eigenvalue weighted by molar-refractivity contribution is -0.0751. The second-order valence-corrected chi connectivity index (χ2v) is 5.65. The topological polar surface area (TPSA) is 30.9 Å². The Hall–Kier alpha value is -1.17. The summed E-state index contributed by atoms with van der Waals surface area (Å²) in [7, 11) is 1.57. The lowest BCUT2D eigenvalue weighted by atomic mass is 9.96. The minimum Gasteiger partial charge on any atom is -0.496 e. The molecule has 2 aliphatic rings. The Kier molecular flexibility index (Phi) is 4.73. The van der Waals surface area contributed by atoms with E-state index in [-0.39, 0.29) is 24.8 Å². The van der Waals surface area contributed by atoms with E-state index in [0.717, 1.165) is 18.5 Å². The molecule has 0 N–H and O–H groups in total. The van der Waals surface area contributed by atoms with Crippen LogP contribution in [0, 0.1) is 5.82 Å². The smallest absolute Gasteiger partial charge is 0.149 e. The van der Waals surface area contributed by atoms with E-state index < -0.39 is 0 Å². The number of halogens is 1. The number of methoxy groups -OCH3 is 1. The molecule has 0 bridgehead atoms. The standard InChI is InChI=1S/C16H22FNO3/c1-19-15-9-12(17)6-7-13(15)16-14-5-3-2-4-8-18(14)10-20-11-21-16/h6-7,9,14,16H,2-5,8,10-11H2,1H3. The van der Waals surface area contributed by atoms with Crippen LogP contribution in [0.15, 0.2) is 18.2 Å². The van der Waals surface area contributed by atoms with Gasteiger partial charge in [0.05, 0.1) is 7.11 Å². The zero-order chi connectivity index (χ0) is 14.7. The van der Waals surface area contributed by atoms with Crippen LogP contribution in [0.1, 0.15) is 37.4 Å². The monoisotopic (exact) mass is 295 g/mol. The maximum Gasteiger partial charge on any atom is 0.149 e. The summed E-state index contributed by atoms with van der Waals surface area (Å²) in [4.78, 5) is 2.34. The third-order valence-corrected chi connectivity index (χ3v) is 4.35. The van der Waals surface area contributed by atoms with E-state index >= 15 is 0 Å². The SMILES string of the molecule is COc1cc(F)ccc1C1OCOCN2CCCCCC12. The van der Waals surface area contributed by atoms with Crippen LogP contribution in [0.5, 0.6) is 5.75 Å². The van der Waals surface area contributed by atoms with E-state index in [1.54, 1.807) is 13.2 Å². The van der Waals surface area contributed by atoms with E-state index in [0.29, 0.717) is 12.5 Å². The molecule has 3 rings (SSSR count). The first-order valence-corrected chi connectivity index (χ1v) is 7.56. The van der Waals surface area contributed by atoms with Crippen molar-refractivity contribution in [2.45, 2.75) is 37.8 Å². The van der Waals surface area contributed by atoms with E-state index in [4.69, 9.17) is 14.2 Å². The number of hydrogen-bond acceptors (Lipinski definition) is 4. The van der Waals surface area contributed by atoms with Crippen molar-refractivity contribution in [3.8, 4) is 5.75 Å².